The smallest absolute Gasteiger partial charge is 0.319 e. The van der Waals surface area contributed by atoms with Gasteiger partial charge in [0.05, 0.1) is 19.3 Å². The van der Waals surface area contributed by atoms with Gasteiger partial charge >= 0.3 is 5.97 Å². The summed E-state index contributed by atoms with van der Waals surface area (Å²) < 4.78 is 5.42. The molecule has 0 saturated heterocycles. The van der Waals surface area contributed by atoms with Crippen LogP contribution in [0.1, 0.15) is 5.69 Å². The van der Waals surface area contributed by atoms with Crippen molar-refractivity contribution in [1.29, 1.82) is 0 Å². The summed E-state index contributed by atoms with van der Waals surface area (Å²) in [7, 11) is 1.36. The van der Waals surface area contributed by atoms with Crippen LogP contribution in [0.3, 0.4) is 0 Å². The van der Waals surface area contributed by atoms with E-state index in [4.69, 9.17) is 0 Å². The van der Waals surface area contributed by atoms with E-state index in [1.54, 1.807) is 6.20 Å². The van der Waals surface area contributed by atoms with Gasteiger partial charge in [0.25, 0.3) is 0 Å². The Morgan fingerprint density at radius 2 is 2.43 bits per heavy atom. The van der Waals surface area contributed by atoms with E-state index in [-0.39, 0.29) is 12.5 Å². The first kappa shape index (κ1) is 11.1. The van der Waals surface area contributed by atoms with E-state index in [0.717, 1.165) is 10.2 Å². The number of esters is 1. The minimum absolute atomic E-state index is 0.203. The minimum Gasteiger partial charge on any atom is -0.468 e. The van der Waals surface area contributed by atoms with Gasteiger partial charge in [0.2, 0.25) is 0 Å². The van der Waals surface area contributed by atoms with Crippen molar-refractivity contribution < 1.29 is 9.53 Å². The van der Waals surface area contributed by atoms with Gasteiger partial charge in [0.1, 0.15) is 0 Å². The van der Waals surface area contributed by atoms with Crippen molar-refractivity contribution in [2.45, 2.75) is 6.54 Å². The van der Waals surface area contributed by atoms with Crippen LogP contribution in [0.25, 0.3) is 0 Å². The van der Waals surface area contributed by atoms with Crippen molar-refractivity contribution in [3.8, 4) is 0 Å². The molecule has 1 N–H and O–H groups in total. The normalized spacial score (nSPS) is 9.86. The SMILES string of the molecule is COC(=O)CNCc1ccc(Br)cn1. The van der Waals surface area contributed by atoms with Crippen LogP contribution in [0.5, 0.6) is 0 Å². The average Bonchev–Trinajstić information content (AvgIpc) is 2.21. The Hall–Kier alpha value is -0.940. The van der Waals surface area contributed by atoms with Gasteiger partial charge in [0, 0.05) is 17.2 Å². The van der Waals surface area contributed by atoms with E-state index in [1.807, 2.05) is 12.1 Å². The van der Waals surface area contributed by atoms with Gasteiger partial charge in [-0.3, -0.25) is 9.78 Å². The van der Waals surface area contributed by atoms with Crippen LogP contribution in [0.15, 0.2) is 22.8 Å². The molecule has 0 unspecified atom stereocenters. The summed E-state index contributed by atoms with van der Waals surface area (Å²) >= 11 is 3.29. The molecule has 1 heterocycles. The molecule has 0 bridgehead atoms. The third kappa shape index (κ3) is 3.85. The van der Waals surface area contributed by atoms with E-state index < -0.39 is 0 Å². The molecule has 0 radical (unpaired) electrons. The standard InChI is InChI=1S/C9H11BrN2O2/c1-14-9(13)6-11-5-8-3-2-7(10)4-12-8/h2-4,11H,5-6H2,1H3. The average molecular weight is 259 g/mol. The Balaban J connectivity index is 2.31. The van der Waals surface area contributed by atoms with Gasteiger partial charge in [-0.05, 0) is 28.1 Å². The highest BCUT2D eigenvalue weighted by atomic mass is 79.9. The van der Waals surface area contributed by atoms with Crippen LogP contribution in [-0.2, 0) is 16.1 Å². The molecular formula is C9H11BrN2O2. The lowest BCUT2D eigenvalue weighted by Crippen LogP contribution is -2.23. The third-order valence-electron chi connectivity index (χ3n) is 1.59. The van der Waals surface area contributed by atoms with Crippen molar-refractivity contribution in [2.75, 3.05) is 13.7 Å². The molecule has 0 aliphatic heterocycles. The van der Waals surface area contributed by atoms with E-state index in [0.29, 0.717) is 6.54 Å². The van der Waals surface area contributed by atoms with Gasteiger partial charge in [-0.25, -0.2) is 0 Å². The fraction of sp³-hybridized carbons (Fsp3) is 0.333. The summed E-state index contributed by atoms with van der Waals surface area (Å²) in [4.78, 5) is 14.9. The number of halogens is 1. The first-order valence-corrected chi connectivity index (χ1v) is 4.89. The summed E-state index contributed by atoms with van der Waals surface area (Å²) in [6.45, 7) is 0.761. The highest BCUT2D eigenvalue weighted by Crippen LogP contribution is 2.06. The van der Waals surface area contributed by atoms with E-state index in [2.05, 4.69) is 31.0 Å². The van der Waals surface area contributed by atoms with Crippen molar-refractivity contribution in [2.24, 2.45) is 0 Å². The molecule has 0 atom stereocenters. The summed E-state index contributed by atoms with van der Waals surface area (Å²) in [6.07, 6.45) is 1.72. The highest BCUT2D eigenvalue weighted by molar-refractivity contribution is 9.10. The number of pyridine rings is 1. The second kappa shape index (κ2) is 5.72. The zero-order chi connectivity index (χ0) is 10.4. The molecule has 1 aromatic heterocycles. The fourth-order valence-electron chi connectivity index (χ4n) is 0.876. The lowest BCUT2D eigenvalue weighted by atomic mass is 10.3. The molecule has 14 heavy (non-hydrogen) atoms. The third-order valence-corrected chi connectivity index (χ3v) is 2.06. The minimum atomic E-state index is -0.276. The van der Waals surface area contributed by atoms with Crippen LogP contribution in [0.2, 0.25) is 0 Å². The molecule has 0 spiro atoms. The van der Waals surface area contributed by atoms with Crippen LogP contribution < -0.4 is 5.32 Å². The number of carbonyl (C=O) groups is 1. The number of aromatic nitrogens is 1. The molecule has 0 aliphatic carbocycles. The predicted octanol–water partition coefficient (Wildman–Crippen LogP) is 1.11. The fourth-order valence-corrected chi connectivity index (χ4v) is 1.11. The van der Waals surface area contributed by atoms with Crippen LogP contribution >= 0.6 is 15.9 Å². The predicted molar refractivity (Wildman–Crippen MR) is 55.7 cm³/mol. The van der Waals surface area contributed by atoms with E-state index >= 15 is 0 Å². The van der Waals surface area contributed by atoms with Gasteiger partial charge in [-0.2, -0.15) is 0 Å². The van der Waals surface area contributed by atoms with Gasteiger partial charge in [0.15, 0.2) is 0 Å². The molecular weight excluding hydrogens is 248 g/mol. The lowest BCUT2D eigenvalue weighted by Gasteiger charge is -2.02. The second-order valence-electron chi connectivity index (χ2n) is 2.65. The number of rotatable bonds is 4. The molecule has 0 aliphatic rings. The number of hydrogen-bond donors (Lipinski definition) is 1. The monoisotopic (exact) mass is 258 g/mol. The van der Waals surface area contributed by atoms with Gasteiger partial charge in [-0.1, -0.05) is 0 Å². The highest BCUT2D eigenvalue weighted by Gasteiger charge is 1.99. The van der Waals surface area contributed by atoms with Gasteiger partial charge < -0.3 is 10.1 Å². The molecule has 1 aromatic rings. The number of nitrogens with zero attached hydrogens (tertiary/aromatic N) is 1. The molecule has 5 heteroatoms. The van der Waals surface area contributed by atoms with Crippen molar-refractivity contribution >= 4 is 21.9 Å². The Labute approximate surface area is 90.8 Å². The Bertz CT molecular complexity index is 300. The number of methoxy groups -OCH3 is 1. The summed E-state index contributed by atoms with van der Waals surface area (Å²) in [5.74, 6) is -0.276. The van der Waals surface area contributed by atoms with Crippen LogP contribution in [0.4, 0.5) is 0 Å². The molecule has 0 saturated carbocycles. The second-order valence-corrected chi connectivity index (χ2v) is 3.56. The number of carbonyl (C=O) groups excluding carboxylic acids is 1. The quantitative estimate of drug-likeness (QED) is 0.823. The van der Waals surface area contributed by atoms with Crippen molar-refractivity contribution in [3.63, 3.8) is 0 Å². The summed E-state index contributed by atoms with van der Waals surface area (Å²) in [5.41, 5.74) is 0.886. The van der Waals surface area contributed by atoms with E-state index in [9.17, 15) is 4.79 Å². The zero-order valence-electron chi connectivity index (χ0n) is 7.79. The Morgan fingerprint density at radius 3 is 3.00 bits per heavy atom. The maximum Gasteiger partial charge on any atom is 0.319 e. The zero-order valence-corrected chi connectivity index (χ0v) is 9.37. The summed E-state index contributed by atoms with van der Waals surface area (Å²) in [5, 5.41) is 2.92. The first-order valence-electron chi connectivity index (χ1n) is 4.10. The first-order chi connectivity index (χ1) is 6.72. The Kier molecular flexibility index (Phi) is 4.55. The Morgan fingerprint density at radius 1 is 1.64 bits per heavy atom. The van der Waals surface area contributed by atoms with Crippen LogP contribution in [0, 0.1) is 0 Å². The largest absolute Gasteiger partial charge is 0.468 e. The van der Waals surface area contributed by atoms with Crippen molar-refractivity contribution in [3.05, 3.63) is 28.5 Å². The maximum absolute atomic E-state index is 10.7. The number of hydrogen-bond acceptors (Lipinski definition) is 4. The molecule has 1 rings (SSSR count). The molecule has 0 amide bonds. The van der Waals surface area contributed by atoms with Crippen LogP contribution in [-0.4, -0.2) is 24.6 Å². The molecule has 0 aromatic carbocycles. The summed E-state index contributed by atoms with van der Waals surface area (Å²) in [6, 6.07) is 3.79. The molecule has 4 nitrogen and oxygen atoms in total. The topological polar surface area (TPSA) is 51.2 Å². The lowest BCUT2D eigenvalue weighted by molar-refractivity contribution is -0.139. The molecule has 76 valence electrons. The van der Waals surface area contributed by atoms with E-state index in [1.165, 1.54) is 7.11 Å². The van der Waals surface area contributed by atoms with Gasteiger partial charge in [-0.15, -0.1) is 0 Å². The maximum atomic E-state index is 10.7. The van der Waals surface area contributed by atoms with Crippen molar-refractivity contribution in [1.82, 2.24) is 10.3 Å². The number of nitrogens with one attached hydrogen (secondary N) is 1. The number of ether oxygens (including phenoxy) is 1. The molecule has 0 fully saturated rings.